The van der Waals surface area contributed by atoms with Crippen LogP contribution in [0, 0.1) is 0 Å². The zero-order valence-corrected chi connectivity index (χ0v) is 10.3. The summed E-state index contributed by atoms with van der Waals surface area (Å²) < 4.78 is 0. The highest BCUT2D eigenvalue weighted by Gasteiger charge is 2.03. The van der Waals surface area contributed by atoms with Gasteiger partial charge in [-0.05, 0) is 31.0 Å². The molecule has 0 aromatic heterocycles. The Hall–Kier alpha value is -1.22. The maximum Gasteiger partial charge on any atom is 0.315 e. The van der Waals surface area contributed by atoms with Crippen LogP contribution >= 0.6 is 11.6 Å². The van der Waals surface area contributed by atoms with Gasteiger partial charge in [-0.3, -0.25) is 0 Å². The molecule has 0 heterocycles. The monoisotopic (exact) mass is 240 g/mol. The molecule has 88 valence electrons. The molecule has 1 atom stereocenters. The first-order valence-electron chi connectivity index (χ1n) is 5.40. The zero-order chi connectivity index (χ0) is 12.0. The Morgan fingerprint density at radius 3 is 2.56 bits per heavy atom. The lowest BCUT2D eigenvalue weighted by molar-refractivity contribution is 0.237. The van der Waals surface area contributed by atoms with E-state index >= 15 is 0 Å². The molecule has 2 N–H and O–H groups in total. The Morgan fingerprint density at radius 2 is 2.00 bits per heavy atom. The Labute approximate surface area is 101 Å². The molecule has 4 heteroatoms. The minimum atomic E-state index is -0.135. The van der Waals surface area contributed by atoms with Crippen molar-refractivity contribution >= 4 is 17.6 Å². The summed E-state index contributed by atoms with van der Waals surface area (Å²) >= 11 is 5.76. The highest BCUT2D eigenvalue weighted by molar-refractivity contribution is 6.30. The van der Waals surface area contributed by atoms with Gasteiger partial charge in [0.1, 0.15) is 0 Å². The molecular formula is C12H17ClN2O. The van der Waals surface area contributed by atoms with Crippen molar-refractivity contribution in [2.75, 3.05) is 0 Å². The molecule has 1 aromatic carbocycles. The number of urea groups is 1. The van der Waals surface area contributed by atoms with E-state index in [0.29, 0.717) is 11.6 Å². The fourth-order valence-corrected chi connectivity index (χ4v) is 1.29. The maximum absolute atomic E-state index is 11.4. The lowest BCUT2D eigenvalue weighted by Crippen LogP contribution is -2.40. The minimum absolute atomic E-state index is 0.135. The summed E-state index contributed by atoms with van der Waals surface area (Å²) in [5, 5.41) is 6.33. The normalized spacial score (nSPS) is 11.9. The summed E-state index contributed by atoms with van der Waals surface area (Å²) in [6, 6.07) is 7.48. The van der Waals surface area contributed by atoms with Crippen molar-refractivity contribution in [3.05, 3.63) is 34.9 Å². The van der Waals surface area contributed by atoms with Gasteiger partial charge in [-0.25, -0.2) is 4.79 Å². The topological polar surface area (TPSA) is 41.1 Å². The quantitative estimate of drug-likeness (QED) is 0.835. The molecule has 0 fully saturated rings. The van der Waals surface area contributed by atoms with E-state index < -0.39 is 0 Å². The molecule has 0 bridgehead atoms. The number of halogens is 1. The standard InChI is InChI=1S/C12H17ClN2O/c1-3-9(2)15-12(16)14-8-10-4-6-11(13)7-5-10/h4-7,9H,3,8H2,1-2H3,(H2,14,15,16)/t9-/m0/s1. The molecule has 0 aliphatic carbocycles. The van der Waals surface area contributed by atoms with Gasteiger partial charge in [0, 0.05) is 17.6 Å². The smallest absolute Gasteiger partial charge is 0.315 e. The van der Waals surface area contributed by atoms with Crippen LogP contribution in [0.1, 0.15) is 25.8 Å². The van der Waals surface area contributed by atoms with Crippen LogP contribution in [0.4, 0.5) is 4.79 Å². The van der Waals surface area contributed by atoms with E-state index in [-0.39, 0.29) is 12.1 Å². The van der Waals surface area contributed by atoms with Gasteiger partial charge in [-0.2, -0.15) is 0 Å². The van der Waals surface area contributed by atoms with Gasteiger partial charge in [-0.15, -0.1) is 0 Å². The van der Waals surface area contributed by atoms with Crippen LogP contribution in [0.2, 0.25) is 5.02 Å². The summed E-state index contributed by atoms with van der Waals surface area (Å²) in [6.07, 6.45) is 0.925. The average molecular weight is 241 g/mol. The third-order valence-electron chi connectivity index (χ3n) is 2.36. The minimum Gasteiger partial charge on any atom is -0.336 e. The molecule has 0 unspecified atom stereocenters. The van der Waals surface area contributed by atoms with Crippen molar-refractivity contribution in [2.45, 2.75) is 32.9 Å². The van der Waals surface area contributed by atoms with E-state index in [1.165, 1.54) is 0 Å². The van der Waals surface area contributed by atoms with Gasteiger partial charge in [0.15, 0.2) is 0 Å². The molecule has 3 nitrogen and oxygen atoms in total. The van der Waals surface area contributed by atoms with Crippen molar-refractivity contribution in [3.63, 3.8) is 0 Å². The van der Waals surface area contributed by atoms with Gasteiger partial charge in [0.05, 0.1) is 0 Å². The molecule has 0 radical (unpaired) electrons. The second-order valence-electron chi connectivity index (χ2n) is 3.76. The Kier molecular flexibility index (Phi) is 5.12. The molecule has 2 amide bonds. The Balaban J connectivity index is 2.34. The van der Waals surface area contributed by atoms with Crippen molar-refractivity contribution in [1.82, 2.24) is 10.6 Å². The number of rotatable bonds is 4. The molecule has 0 aliphatic rings. The Morgan fingerprint density at radius 1 is 1.38 bits per heavy atom. The number of amides is 2. The lowest BCUT2D eigenvalue weighted by atomic mass is 10.2. The zero-order valence-electron chi connectivity index (χ0n) is 9.59. The van der Waals surface area contributed by atoms with Gasteiger partial charge in [0.2, 0.25) is 0 Å². The van der Waals surface area contributed by atoms with E-state index in [2.05, 4.69) is 10.6 Å². The summed E-state index contributed by atoms with van der Waals surface area (Å²) in [4.78, 5) is 11.4. The summed E-state index contributed by atoms with van der Waals surface area (Å²) in [5.41, 5.74) is 1.03. The molecule has 1 aromatic rings. The first kappa shape index (κ1) is 12.8. The van der Waals surface area contributed by atoms with Crippen LogP contribution < -0.4 is 10.6 Å². The molecule has 16 heavy (non-hydrogen) atoms. The largest absolute Gasteiger partial charge is 0.336 e. The van der Waals surface area contributed by atoms with Crippen LogP contribution in [0.3, 0.4) is 0 Å². The van der Waals surface area contributed by atoms with Gasteiger partial charge < -0.3 is 10.6 Å². The average Bonchev–Trinajstić information content (AvgIpc) is 2.28. The molecule has 0 aliphatic heterocycles. The van der Waals surface area contributed by atoms with Crippen LogP contribution in [-0.2, 0) is 6.54 Å². The van der Waals surface area contributed by atoms with Crippen LogP contribution in [-0.4, -0.2) is 12.1 Å². The van der Waals surface area contributed by atoms with Crippen molar-refractivity contribution in [1.29, 1.82) is 0 Å². The van der Waals surface area contributed by atoms with Gasteiger partial charge in [0.25, 0.3) is 0 Å². The van der Waals surface area contributed by atoms with Crippen molar-refractivity contribution in [3.8, 4) is 0 Å². The summed E-state index contributed by atoms with van der Waals surface area (Å²) in [6.45, 7) is 4.52. The number of nitrogens with one attached hydrogen (secondary N) is 2. The van der Waals surface area contributed by atoms with E-state index in [0.717, 1.165) is 12.0 Å². The van der Waals surface area contributed by atoms with Crippen LogP contribution in [0.5, 0.6) is 0 Å². The second-order valence-corrected chi connectivity index (χ2v) is 4.20. The van der Waals surface area contributed by atoms with E-state index in [1.807, 2.05) is 38.1 Å². The first-order chi connectivity index (χ1) is 7.61. The lowest BCUT2D eigenvalue weighted by Gasteiger charge is -2.12. The summed E-state index contributed by atoms with van der Waals surface area (Å²) in [7, 11) is 0. The summed E-state index contributed by atoms with van der Waals surface area (Å²) in [5.74, 6) is 0. The highest BCUT2D eigenvalue weighted by Crippen LogP contribution is 2.08. The number of hydrogen-bond acceptors (Lipinski definition) is 1. The molecule has 1 rings (SSSR count). The predicted octanol–water partition coefficient (Wildman–Crippen LogP) is 2.94. The Bertz CT molecular complexity index is 337. The molecule has 0 saturated carbocycles. The molecule has 0 spiro atoms. The second kappa shape index (κ2) is 6.38. The fourth-order valence-electron chi connectivity index (χ4n) is 1.16. The predicted molar refractivity (Wildman–Crippen MR) is 66.6 cm³/mol. The third-order valence-corrected chi connectivity index (χ3v) is 2.61. The van der Waals surface area contributed by atoms with Crippen LogP contribution in [0.15, 0.2) is 24.3 Å². The van der Waals surface area contributed by atoms with E-state index in [4.69, 9.17) is 11.6 Å². The first-order valence-corrected chi connectivity index (χ1v) is 5.78. The van der Waals surface area contributed by atoms with Crippen LogP contribution in [0.25, 0.3) is 0 Å². The molecule has 0 saturated heterocycles. The molecular weight excluding hydrogens is 224 g/mol. The van der Waals surface area contributed by atoms with Gasteiger partial charge in [-0.1, -0.05) is 30.7 Å². The van der Waals surface area contributed by atoms with Crippen molar-refractivity contribution in [2.24, 2.45) is 0 Å². The number of hydrogen-bond donors (Lipinski definition) is 2. The number of benzene rings is 1. The maximum atomic E-state index is 11.4. The SMILES string of the molecule is CC[C@H](C)NC(=O)NCc1ccc(Cl)cc1. The van der Waals surface area contributed by atoms with E-state index in [1.54, 1.807) is 0 Å². The van der Waals surface area contributed by atoms with E-state index in [9.17, 15) is 4.79 Å². The van der Waals surface area contributed by atoms with Gasteiger partial charge >= 0.3 is 6.03 Å². The third kappa shape index (κ3) is 4.53. The fraction of sp³-hybridized carbons (Fsp3) is 0.417. The number of carbonyl (C=O) groups excluding carboxylic acids is 1. The highest BCUT2D eigenvalue weighted by atomic mass is 35.5. The number of carbonyl (C=O) groups is 1. The van der Waals surface area contributed by atoms with Crippen molar-refractivity contribution < 1.29 is 4.79 Å².